The lowest BCUT2D eigenvalue weighted by molar-refractivity contribution is -0.130. The third-order valence-corrected chi connectivity index (χ3v) is 3.48. The van der Waals surface area contributed by atoms with Gasteiger partial charge in [0.2, 0.25) is 0 Å². The van der Waals surface area contributed by atoms with Crippen molar-refractivity contribution in [2.75, 3.05) is 0 Å². The molecule has 0 saturated carbocycles. The molecule has 2 heterocycles. The van der Waals surface area contributed by atoms with Crippen LogP contribution in [0.1, 0.15) is 11.3 Å². The summed E-state index contributed by atoms with van der Waals surface area (Å²) in [5.74, 6) is 0.0808. The molecule has 20 heavy (non-hydrogen) atoms. The van der Waals surface area contributed by atoms with Gasteiger partial charge in [0.05, 0.1) is 0 Å². The van der Waals surface area contributed by atoms with Gasteiger partial charge in [-0.15, -0.1) is 0 Å². The number of nitrogens with zero attached hydrogens (tertiary/aromatic N) is 1. The second kappa shape index (κ2) is 5.38. The highest BCUT2D eigenvalue weighted by Gasteiger charge is 2.26. The van der Waals surface area contributed by atoms with Crippen molar-refractivity contribution < 1.29 is 13.9 Å². The number of aliphatic imine (C=N–C) groups is 1. The average Bonchev–Trinajstić information content (AvgIpc) is 2.97. The van der Waals surface area contributed by atoms with Crippen molar-refractivity contribution in [2.24, 2.45) is 4.99 Å². The Morgan fingerprint density at radius 2 is 2.00 bits per heavy atom. The van der Waals surface area contributed by atoms with Gasteiger partial charge < -0.3 is 9.15 Å². The molecule has 0 spiro atoms. The van der Waals surface area contributed by atoms with E-state index >= 15 is 0 Å². The maximum Gasteiger partial charge on any atom is 0.363 e. The molecule has 0 bridgehead atoms. The standard InChI is InChI=1S/C14H7Br2NO3/c15-9-3-1-2-8(6-9)7-10-14(18)20-13(17-10)11-4-5-12(16)19-11/h1-7H. The van der Waals surface area contributed by atoms with E-state index in [1.807, 2.05) is 24.3 Å². The Morgan fingerprint density at radius 3 is 2.70 bits per heavy atom. The molecule has 1 aromatic heterocycles. The largest absolute Gasteiger partial charge is 0.444 e. The Balaban J connectivity index is 1.94. The molecule has 1 aliphatic rings. The van der Waals surface area contributed by atoms with Gasteiger partial charge in [0.15, 0.2) is 16.1 Å². The molecule has 0 radical (unpaired) electrons. The van der Waals surface area contributed by atoms with Gasteiger partial charge in [-0.2, -0.15) is 0 Å². The number of benzene rings is 1. The van der Waals surface area contributed by atoms with Crippen molar-refractivity contribution in [3.8, 4) is 0 Å². The number of halogens is 2. The summed E-state index contributed by atoms with van der Waals surface area (Å²) in [5.41, 5.74) is 1.10. The van der Waals surface area contributed by atoms with Gasteiger partial charge in [0.1, 0.15) is 0 Å². The van der Waals surface area contributed by atoms with Gasteiger partial charge >= 0.3 is 5.97 Å². The van der Waals surface area contributed by atoms with Crippen LogP contribution < -0.4 is 0 Å². The molecular formula is C14H7Br2NO3. The lowest BCUT2D eigenvalue weighted by Gasteiger charge is -1.94. The monoisotopic (exact) mass is 395 g/mol. The maximum atomic E-state index is 11.8. The first-order valence-corrected chi connectivity index (χ1v) is 7.24. The van der Waals surface area contributed by atoms with E-state index in [2.05, 4.69) is 36.9 Å². The molecule has 1 aliphatic heterocycles. The zero-order valence-electron chi connectivity index (χ0n) is 9.97. The lowest BCUT2D eigenvalue weighted by Crippen LogP contribution is -2.04. The number of hydrogen-bond donors (Lipinski definition) is 0. The molecule has 0 N–H and O–H groups in total. The number of rotatable bonds is 2. The molecule has 0 amide bonds. The Morgan fingerprint density at radius 1 is 1.15 bits per heavy atom. The first-order chi connectivity index (χ1) is 9.61. The fourth-order valence-corrected chi connectivity index (χ4v) is 2.42. The highest BCUT2D eigenvalue weighted by molar-refractivity contribution is 9.10. The molecule has 0 saturated heterocycles. The summed E-state index contributed by atoms with van der Waals surface area (Å²) >= 11 is 6.57. The molecule has 100 valence electrons. The molecule has 0 aliphatic carbocycles. The van der Waals surface area contributed by atoms with Crippen LogP contribution in [0.4, 0.5) is 0 Å². The summed E-state index contributed by atoms with van der Waals surface area (Å²) in [4.78, 5) is 15.9. The van der Waals surface area contributed by atoms with E-state index in [1.165, 1.54) is 0 Å². The van der Waals surface area contributed by atoms with E-state index in [9.17, 15) is 4.79 Å². The number of hydrogen-bond acceptors (Lipinski definition) is 4. The van der Waals surface area contributed by atoms with Gasteiger partial charge in [0, 0.05) is 4.47 Å². The maximum absolute atomic E-state index is 11.8. The molecule has 0 atom stereocenters. The van der Waals surface area contributed by atoms with Crippen LogP contribution in [-0.4, -0.2) is 11.9 Å². The zero-order chi connectivity index (χ0) is 14.1. The van der Waals surface area contributed by atoms with Crippen molar-refractivity contribution >= 4 is 49.8 Å². The van der Waals surface area contributed by atoms with Gasteiger partial charge in [-0.05, 0) is 51.8 Å². The average molecular weight is 397 g/mol. The number of furan rings is 1. The van der Waals surface area contributed by atoms with Crippen molar-refractivity contribution in [1.29, 1.82) is 0 Å². The summed E-state index contributed by atoms with van der Waals surface area (Å²) in [6.07, 6.45) is 1.66. The minimum Gasteiger partial charge on any atom is -0.444 e. The third kappa shape index (κ3) is 2.76. The number of esters is 1. The first-order valence-electron chi connectivity index (χ1n) is 5.66. The second-order valence-corrected chi connectivity index (χ2v) is 5.69. The van der Waals surface area contributed by atoms with Crippen LogP contribution in [0.25, 0.3) is 6.08 Å². The summed E-state index contributed by atoms with van der Waals surface area (Å²) in [7, 11) is 0. The van der Waals surface area contributed by atoms with Crippen LogP contribution in [0, 0.1) is 0 Å². The van der Waals surface area contributed by atoms with Crippen molar-refractivity contribution in [3.05, 3.63) is 62.6 Å². The third-order valence-electron chi connectivity index (χ3n) is 2.56. The summed E-state index contributed by atoms with van der Waals surface area (Å²) in [6, 6.07) is 10.9. The molecule has 2 aromatic rings. The Hall–Kier alpha value is -1.66. The van der Waals surface area contributed by atoms with Crippen LogP contribution in [0.2, 0.25) is 0 Å². The van der Waals surface area contributed by atoms with Crippen molar-refractivity contribution in [1.82, 2.24) is 0 Å². The molecule has 4 nitrogen and oxygen atoms in total. The van der Waals surface area contributed by atoms with Crippen molar-refractivity contribution in [3.63, 3.8) is 0 Å². The van der Waals surface area contributed by atoms with Crippen molar-refractivity contribution in [2.45, 2.75) is 0 Å². The molecule has 0 fully saturated rings. The fourth-order valence-electron chi connectivity index (χ4n) is 1.70. The Labute approximate surface area is 131 Å². The van der Waals surface area contributed by atoms with E-state index in [-0.39, 0.29) is 11.6 Å². The summed E-state index contributed by atoms with van der Waals surface area (Å²) < 4.78 is 11.9. The van der Waals surface area contributed by atoms with Crippen LogP contribution >= 0.6 is 31.9 Å². The summed E-state index contributed by atoms with van der Waals surface area (Å²) in [5, 5.41) is 0. The molecule has 0 unspecified atom stereocenters. The van der Waals surface area contributed by atoms with Crippen LogP contribution in [0.15, 0.2) is 60.6 Å². The second-order valence-electron chi connectivity index (χ2n) is 3.99. The minimum atomic E-state index is -0.493. The number of carbonyl (C=O) groups is 1. The molecular weight excluding hydrogens is 390 g/mol. The van der Waals surface area contributed by atoms with E-state index in [0.717, 1.165) is 10.0 Å². The number of carbonyl (C=O) groups excluding carboxylic acids is 1. The SMILES string of the molecule is O=C1OC(c2ccc(Br)o2)=NC1=Cc1cccc(Br)c1. The molecule has 6 heteroatoms. The Kier molecular flexibility index (Phi) is 3.58. The van der Waals surface area contributed by atoms with E-state index in [1.54, 1.807) is 18.2 Å². The fraction of sp³-hybridized carbons (Fsp3) is 0. The van der Waals surface area contributed by atoms with E-state index in [0.29, 0.717) is 10.4 Å². The summed E-state index contributed by atoms with van der Waals surface area (Å²) in [6.45, 7) is 0. The predicted molar refractivity (Wildman–Crippen MR) is 81.2 cm³/mol. The first kappa shape index (κ1) is 13.3. The van der Waals surface area contributed by atoms with Crippen LogP contribution in [-0.2, 0) is 9.53 Å². The lowest BCUT2D eigenvalue weighted by atomic mass is 10.2. The minimum absolute atomic E-state index is 0.168. The molecule has 1 aromatic carbocycles. The van der Waals surface area contributed by atoms with E-state index in [4.69, 9.17) is 9.15 Å². The highest BCUT2D eigenvalue weighted by Crippen LogP contribution is 2.23. The number of cyclic esters (lactones) is 1. The zero-order valence-corrected chi connectivity index (χ0v) is 13.1. The smallest absolute Gasteiger partial charge is 0.363 e. The van der Waals surface area contributed by atoms with E-state index < -0.39 is 5.97 Å². The number of ether oxygens (including phenoxy) is 1. The van der Waals surface area contributed by atoms with Gasteiger partial charge in [0.25, 0.3) is 5.90 Å². The van der Waals surface area contributed by atoms with Gasteiger partial charge in [-0.25, -0.2) is 9.79 Å². The highest BCUT2D eigenvalue weighted by atomic mass is 79.9. The quantitative estimate of drug-likeness (QED) is 0.566. The van der Waals surface area contributed by atoms with Gasteiger partial charge in [-0.3, -0.25) is 0 Å². The van der Waals surface area contributed by atoms with Crippen LogP contribution in [0.5, 0.6) is 0 Å². The normalized spacial score (nSPS) is 16.4. The topological polar surface area (TPSA) is 51.8 Å². The predicted octanol–water partition coefficient (Wildman–Crippen LogP) is 4.15. The van der Waals surface area contributed by atoms with Crippen LogP contribution in [0.3, 0.4) is 0 Å². The Bertz CT molecular complexity index is 746. The van der Waals surface area contributed by atoms with Gasteiger partial charge in [-0.1, -0.05) is 28.1 Å². The molecule has 3 rings (SSSR count).